The summed E-state index contributed by atoms with van der Waals surface area (Å²) in [5, 5.41) is 0.955. The van der Waals surface area contributed by atoms with Crippen LogP contribution in [0.25, 0.3) is 0 Å². The molecule has 0 aliphatic carbocycles. The second-order valence-electron chi connectivity index (χ2n) is 7.18. The van der Waals surface area contributed by atoms with Crippen molar-refractivity contribution in [3.8, 4) is 0 Å². The van der Waals surface area contributed by atoms with Crippen molar-refractivity contribution >= 4 is 17.9 Å². The van der Waals surface area contributed by atoms with Crippen molar-refractivity contribution in [1.29, 1.82) is 0 Å². The van der Waals surface area contributed by atoms with Gasteiger partial charge in [0.2, 0.25) is 0 Å². The highest BCUT2D eigenvalue weighted by molar-refractivity contribution is 7.99. The highest BCUT2D eigenvalue weighted by Gasteiger charge is 2.33. The molecule has 1 amide bonds. The molecule has 1 atom stereocenters. The Bertz CT molecular complexity index is 711. The smallest absolute Gasteiger partial charge is 0.410 e. The molecule has 5 heteroatoms. The summed E-state index contributed by atoms with van der Waals surface area (Å²) in [4.78, 5) is 20.0. The van der Waals surface area contributed by atoms with Crippen LogP contribution >= 0.6 is 11.8 Å². The first-order valence-corrected chi connectivity index (χ1v) is 9.42. The lowest BCUT2D eigenvalue weighted by Crippen LogP contribution is -2.36. The molecule has 1 saturated heterocycles. The summed E-state index contributed by atoms with van der Waals surface area (Å²) < 4.78 is 5.54. The molecule has 1 aromatic heterocycles. The van der Waals surface area contributed by atoms with Gasteiger partial charge in [0, 0.05) is 17.6 Å². The zero-order chi connectivity index (χ0) is 17.9. The normalized spacial score (nSPS) is 17.6. The second kappa shape index (κ2) is 7.48. The van der Waals surface area contributed by atoms with Crippen molar-refractivity contribution in [3.05, 3.63) is 54.2 Å². The van der Waals surface area contributed by atoms with E-state index in [1.54, 1.807) is 11.8 Å². The minimum atomic E-state index is -0.474. The van der Waals surface area contributed by atoms with Crippen molar-refractivity contribution in [2.45, 2.75) is 55.2 Å². The summed E-state index contributed by atoms with van der Waals surface area (Å²) in [6, 6.07) is 14.3. The third kappa shape index (κ3) is 4.75. The Hall–Kier alpha value is -2.01. The topological polar surface area (TPSA) is 42.4 Å². The number of ether oxygens (including phenoxy) is 1. The van der Waals surface area contributed by atoms with Gasteiger partial charge in [-0.05, 0) is 57.4 Å². The molecule has 2 aromatic rings. The van der Waals surface area contributed by atoms with Crippen LogP contribution in [0, 0.1) is 0 Å². The zero-order valence-electron chi connectivity index (χ0n) is 14.9. The molecule has 4 nitrogen and oxygen atoms in total. The maximum absolute atomic E-state index is 12.4. The Labute approximate surface area is 153 Å². The number of hydrogen-bond donors (Lipinski definition) is 0. The van der Waals surface area contributed by atoms with Crippen LogP contribution in [0.3, 0.4) is 0 Å². The first-order chi connectivity index (χ1) is 11.9. The Kier molecular flexibility index (Phi) is 5.33. The van der Waals surface area contributed by atoms with Crippen molar-refractivity contribution in [2.75, 3.05) is 6.54 Å². The Morgan fingerprint density at radius 2 is 1.96 bits per heavy atom. The fraction of sp³-hybridized carbons (Fsp3) is 0.400. The van der Waals surface area contributed by atoms with Crippen LogP contribution in [0.5, 0.6) is 0 Å². The molecule has 0 N–H and O–H groups in total. The highest BCUT2D eigenvalue weighted by Crippen LogP contribution is 2.34. The molecule has 2 heterocycles. The van der Waals surface area contributed by atoms with Gasteiger partial charge in [0.15, 0.2) is 0 Å². The van der Waals surface area contributed by atoms with Crippen LogP contribution in [-0.2, 0) is 4.74 Å². The van der Waals surface area contributed by atoms with E-state index in [0.717, 1.165) is 30.0 Å². The average molecular weight is 356 g/mol. The van der Waals surface area contributed by atoms with E-state index in [1.165, 1.54) is 4.90 Å². The summed E-state index contributed by atoms with van der Waals surface area (Å²) in [7, 11) is 0. The molecule has 1 aromatic carbocycles. The molecular weight excluding hydrogens is 332 g/mol. The number of rotatable bonds is 3. The summed E-state index contributed by atoms with van der Waals surface area (Å²) in [6.45, 7) is 6.42. The lowest BCUT2D eigenvalue weighted by molar-refractivity contribution is 0.0224. The molecule has 25 heavy (non-hydrogen) atoms. The Morgan fingerprint density at radius 1 is 1.20 bits per heavy atom. The van der Waals surface area contributed by atoms with Gasteiger partial charge in [0.1, 0.15) is 10.6 Å². The van der Waals surface area contributed by atoms with Gasteiger partial charge >= 0.3 is 6.09 Å². The lowest BCUT2D eigenvalue weighted by atomic mass is 10.1. The lowest BCUT2D eigenvalue weighted by Gasteiger charge is -2.28. The molecule has 1 fully saturated rings. The van der Waals surface area contributed by atoms with Crippen LogP contribution in [0.15, 0.2) is 58.6 Å². The van der Waals surface area contributed by atoms with E-state index in [2.05, 4.69) is 23.2 Å². The van der Waals surface area contributed by atoms with Gasteiger partial charge < -0.3 is 9.64 Å². The quantitative estimate of drug-likeness (QED) is 0.748. The molecule has 3 rings (SSSR count). The third-order valence-electron chi connectivity index (χ3n) is 3.99. The van der Waals surface area contributed by atoms with Gasteiger partial charge in [0.05, 0.1) is 6.04 Å². The summed E-state index contributed by atoms with van der Waals surface area (Å²) in [6.07, 6.45) is 3.59. The number of nitrogens with zero attached hydrogens (tertiary/aromatic N) is 2. The van der Waals surface area contributed by atoms with Crippen molar-refractivity contribution < 1.29 is 9.53 Å². The number of likely N-dealkylation sites (tertiary alicyclic amines) is 1. The van der Waals surface area contributed by atoms with E-state index >= 15 is 0 Å². The van der Waals surface area contributed by atoms with E-state index in [1.807, 2.05) is 56.1 Å². The third-order valence-corrected chi connectivity index (χ3v) is 4.95. The predicted octanol–water partition coefficient (Wildman–Crippen LogP) is 5.30. The monoisotopic (exact) mass is 356 g/mol. The van der Waals surface area contributed by atoms with Crippen LogP contribution in [0.4, 0.5) is 4.79 Å². The first-order valence-electron chi connectivity index (χ1n) is 8.61. The molecule has 1 aliphatic rings. The van der Waals surface area contributed by atoms with E-state index in [9.17, 15) is 4.79 Å². The van der Waals surface area contributed by atoms with Gasteiger partial charge in [-0.2, -0.15) is 0 Å². The van der Waals surface area contributed by atoms with E-state index in [4.69, 9.17) is 4.74 Å². The van der Waals surface area contributed by atoms with Gasteiger partial charge in [-0.1, -0.05) is 36.0 Å². The Morgan fingerprint density at radius 3 is 2.60 bits per heavy atom. The molecule has 0 unspecified atom stereocenters. The Balaban J connectivity index is 1.69. The molecule has 0 saturated carbocycles. The second-order valence-corrected chi connectivity index (χ2v) is 8.27. The van der Waals surface area contributed by atoms with E-state index in [0.29, 0.717) is 0 Å². The van der Waals surface area contributed by atoms with E-state index < -0.39 is 5.60 Å². The average Bonchev–Trinajstić information content (AvgIpc) is 3.05. The van der Waals surface area contributed by atoms with Gasteiger partial charge in [-0.15, -0.1) is 0 Å². The van der Waals surface area contributed by atoms with Crippen molar-refractivity contribution in [3.63, 3.8) is 0 Å². The highest BCUT2D eigenvalue weighted by atomic mass is 32.2. The maximum atomic E-state index is 12.4. The molecule has 1 aliphatic heterocycles. The molecule has 132 valence electrons. The van der Waals surface area contributed by atoms with Gasteiger partial charge in [-0.3, -0.25) is 0 Å². The van der Waals surface area contributed by atoms with E-state index in [-0.39, 0.29) is 12.1 Å². The van der Waals surface area contributed by atoms with Crippen molar-refractivity contribution in [1.82, 2.24) is 9.88 Å². The number of amides is 1. The standard InChI is InChI=1S/C20H24N2O2S/c1-20(2,3)24-19(23)22-13-7-10-17(22)15-11-12-18(21-14-15)25-16-8-5-4-6-9-16/h4-6,8-9,11-12,14,17H,7,10,13H2,1-3H3/t17-/m1/s1. The summed E-state index contributed by atoms with van der Waals surface area (Å²) >= 11 is 1.64. The van der Waals surface area contributed by atoms with Crippen molar-refractivity contribution in [2.24, 2.45) is 0 Å². The molecule has 0 bridgehead atoms. The number of aromatic nitrogens is 1. The molecular formula is C20H24N2O2S. The fourth-order valence-electron chi connectivity index (χ4n) is 2.91. The van der Waals surface area contributed by atoms with Crippen LogP contribution < -0.4 is 0 Å². The largest absolute Gasteiger partial charge is 0.444 e. The van der Waals surface area contributed by atoms with Crippen LogP contribution in [0.1, 0.15) is 45.2 Å². The first kappa shape index (κ1) is 17.8. The summed E-state index contributed by atoms with van der Waals surface area (Å²) in [5.74, 6) is 0. The number of carbonyl (C=O) groups is 1. The minimum absolute atomic E-state index is 0.0538. The number of hydrogen-bond acceptors (Lipinski definition) is 4. The zero-order valence-corrected chi connectivity index (χ0v) is 15.8. The molecule has 0 spiro atoms. The van der Waals surface area contributed by atoms with Gasteiger partial charge in [-0.25, -0.2) is 9.78 Å². The summed E-state index contributed by atoms with van der Waals surface area (Å²) in [5.41, 5.74) is 0.597. The van der Waals surface area contributed by atoms with Crippen LogP contribution in [-0.4, -0.2) is 28.1 Å². The van der Waals surface area contributed by atoms with Crippen LogP contribution in [0.2, 0.25) is 0 Å². The fourth-order valence-corrected chi connectivity index (χ4v) is 3.69. The minimum Gasteiger partial charge on any atom is -0.444 e. The number of carbonyl (C=O) groups excluding carboxylic acids is 1. The number of pyridine rings is 1. The maximum Gasteiger partial charge on any atom is 0.410 e. The molecule has 0 radical (unpaired) electrons. The number of benzene rings is 1. The van der Waals surface area contributed by atoms with Gasteiger partial charge in [0.25, 0.3) is 0 Å². The predicted molar refractivity (Wildman–Crippen MR) is 99.7 cm³/mol. The SMILES string of the molecule is CC(C)(C)OC(=O)N1CCC[C@@H]1c1ccc(Sc2ccccc2)nc1.